The molecule has 0 radical (unpaired) electrons. The molecule has 112 valence electrons. The van der Waals surface area contributed by atoms with Gasteiger partial charge >= 0.3 is 0 Å². The fourth-order valence-corrected chi connectivity index (χ4v) is 2.90. The van der Waals surface area contributed by atoms with Crippen molar-refractivity contribution in [3.63, 3.8) is 0 Å². The Labute approximate surface area is 125 Å². The van der Waals surface area contributed by atoms with Gasteiger partial charge in [-0.2, -0.15) is 0 Å². The summed E-state index contributed by atoms with van der Waals surface area (Å²) in [7, 11) is 0. The third-order valence-electron chi connectivity index (χ3n) is 4.00. The molecule has 3 rings (SSSR count). The number of rotatable bonds is 6. The largest absolute Gasteiger partial charge is 0.488 e. The molecular weight excluding hydrogens is 264 g/mol. The lowest BCUT2D eigenvalue weighted by molar-refractivity contribution is 0.175. The number of nitrogens with zero attached hydrogens (tertiary/aromatic N) is 2. The predicted molar refractivity (Wildman–Crippen MR) is 81.9 cm³/mol. The van der Waals surface area contributed by atoms with Crippen LogP contribution in [0.3, 0.4) is 0 Å². The van der Waals surface area contributed by atoms with Crippen molar-refractivity contribution in [3.8, 4) is 5.75 Å². The second-order valence-electron chi connectivity index (χ2n) is 5.48. The first-order valence-corrected chi connectivity index (χ1v) is 7.52. The maximum absolute atomic E-state index is 6.03. The molecule has 1 aromatic heterocycles. The van der Waals surface area contributed by atoms with Crippen molar-refractivity contribution < 1.29 is 4.74 Å². The van der Waals surface area contributed by atoms with Gasteiger partial charge < -0.3 is 9.30 Å². The number of para-hydroxylation sites is 1. The summed E-state index contributed by atoms with van der Waals surface area (Å²) in [5, 5.41) is 0. The average Bonchev–Trinajstić information content (AvgIpc) is 3.11. The molecule has 0 bridgehead atoms. The van der Waals surface area contributed by atoms with E-state index < -0.39 is 0 Å². The Balaban J connectivity index is 1.70. The molecule has 3 N–H and O–H groups in total. The van der Waals surface area contributed by atoms with Gasteiger partial charge in [0.1, 0.15) is 17.7 Å². The quantitative estimate of drug-likeness (QED) is 0.626. The van der Waals surface area contributed by atoms with Crippen molar-refractivity contribution in [2.24, 2.45) is 5.84 Å². The van der Waals surface area contributed by atoms with Gasteiger partial charge in [-0.15, -0.1) is 0 Å². The monoisotopic (exact) mass is 286 g/mol. The minimum atomic E-state index is 0.0513. The highest BCUT2D eigenvalue weighted by Gasteiger charge is 2.30. The van der Waals surface area contributed by atoms with Crippen LogP contribution >= 0.6 is 0 Å². The Morgan fingerprint density at radius 2 is 2.33 bits per heavy atom. The maximum Gasteiger partial charge on any atom is 0.123 e. The standard InChI is InChI=1S/C16H22N4O/c1-2-8-20-9-7-18-16(20)11-13(19-17)15-10-12-5-3-4-6-14(12)21-15/h3-7,9,13,15,19H,2,8,10-11,17H2,1H3. The highest BCUT2D eigenvalue weighted by atomic mass is 16.5. The molecule has 2 aromatic rings. The molecule has 2 heterocycles. The van der Waals surface area contributed by atoms with Gasteiger partial charge in [0.25, 0.3) is 0 Å². The van der Waals surface area contributed by atoms with Crippen LogP contribution in [0.1, 0.15) is 24.7 Å². The molecule has 5 heteroatoms. The molecule has 0 amide bonds. The average molecular weight is 286 g/mol. The number of imidazole rings is 1. The van der Waals surface area contributed by atoms with Gasteiger partial charge in [-0.05, 0) is 18.1 Å². The highest BCUT2D eigenvalue weighted by Crippen LogP contribution is 2.30. The van der Waals surface area contributed by atoms with Gasteiger partial charge in [-0.3, -0.25) is 11.3 Å². The zero-order valence-corrected chi connectivity index (χ0v) is 12.3. The van der Waals surface area contributed by atoms with Gasteiger partial charge in [-0.1, -0.05) is 25.1 Å². The van der Waals surface area contributed by atoms with Crippen molar-refractivity contribution >= 4 is 0 Å². The first kappa shape index (κ1) is 14.1. The summed E-state index contributed by atoms with van der Waals surface area (Å²) in [6.07, 6.45) is 6.68. The molecule has 2 unspecified atom stereocenters. The van der Waals surface area contributed by atoms with Crippen molar-refractivity contribution in [2.75, 3.05) is 0 Å². The van der Waals surface area contributed by atoms with Crippen molar-refractivity contribution in [3.05, 3.63) is 48.0 Å². The van der Waals surface area contributed by atoms with Gasteiger partial charge in [0.15, 0.2) is 0 Å². The van der Waals surface area contributed by atoms with E-state index in [-0.39, 0.29) is 12.1 Å². The maximum atomic E-state index is 6.03. The summed E-state index contributed by atoms with van der Waals surface area (Å²) in [4.78, 5) is 4.45. The zero-order chi connectivity index (χ0) is 14.7. The summed E-state index contributed by atoms with van der Waals surface area (Å²) in [6, 6.07) is 8.22. The molecule has 1 aliphatic rings. The third-order valence-corrected chi connectivity index (χ3v) is 4.00. The van der Waals surface area contributed by atoms with E-state index in [4.69, 9.17) is 10.6 Å². The van der Waals surface area contributed by atoms with E-state index in [9.17, 15) is 0 Å². The molecule has 1 aliphatic heterocycles. The molecule has 0 spiro atoms. The summed E-state index contributed by atoms with van der Waals surface area (Å²) < 4.78 is 8.22. The lowest BCUT2D eigenvalue weighted by Crippen LogP contribution is -2.47. The first-order chi connectivity index (χ1) is 10.3. The predicted octanol–water partition coefficient (Wildman–Crippen LogP) is 1.67. The van der Waals surface area contributed by atoms with Crippen molar-refractivity contribution in [1.29, 1.82) is 0 Å². The number of aromatic nitrogens is 2. The van der Waals surface area contributed by atoms with Crippen LogP contribution in [0, 0.1) is 0 Å². The lowest BCUT2D eigenvalue weighted by atomic mass is 10.0. The lowest BCUT2D eigenvalue weighted by Gasteiger charge is -2.22. The van der Waals surface area contributed by atoms with E-state index in [1.165, 1.54) is 5.56 Å². The Hall–Kier alpha value is -1.85. The second-order valence-corrected chi connectivity index (χ2v) is 5.48. The van der Waals surface area contributed by atoms with E-state index in [2.05, 4.69) is 28.0 Å². The number of nitrogens with two attached hydrogens (primary N) is 1. The van der Waals surface area contributed by atoms with Crippen LogP contribution in [-0.2, 0) is 19.4 Å². The molecule has 0 aliphatic carbocycles. The molecule has 21 heavy (non-hydrogen) atoms. The van der Waals surface area contributed by atoms with Gasteiger partial charge in [0.05, 0.1) is 6.04 Å². The molecular formula is C16H22N4O. The fraction of sp³-hybridized carbons (Fsp3) is 0.438. The SMILES string of the molecule is CCCn1ccnc1CC(NN)C1Cc2ccccc2O1. The Morgan fingerprint density at radius 3 is 3.10 bits per heavy atom. The number of aryl methyl sites for hydroxylation is 1. The molecule has 0 fully saturated rings. The molecule has 5 nitrogen and oxygen atoms in total. The van der Waals surface area contributed by atoms with Crippen LogP contribution < -0.4 is 16.0 Å². The molecule has 2 atom stereocenters. The van der Waals surface area contributed by atoms with Crippen LogP contribution in [0.5, 0.6) is 5.75 Å². The molecule has 1 aromatic carbocycles. The van der Waals surface area contributed by atoms with Gasteiger partial charge in [-0.25, -0.2) is 4.98 Å². The minimum absolute atomic E-state index is 0.0513. The van der Waals surface area contributed by atoms with Crippen LogP contribution in [0.2, 0.25) is 0 Å². The summed E-state index contributed by atoms with van der Waals surface area (Å²) in [5.41, 5.74) is 4.16. The molecule has 0 saturated heterocycles. The van der Waals surface area contributed by atoms with E-state index in [0.717, 1.165) is 37.4 Å². The Bertz CT molecular complexity index is 570. The van der Waals surface area contributed by atoms with Crippen molar-refractivity contribution in [2.45, 2.75) is 44.9 Å². The Kier molecular flexibility index (Phi) is 4.22. The van der Waals surface area contributed by atoms with Crippen LogP contribution in [0.4, 0.5) is 0 Å². The first-order valence-electron chi connectivity index (χ1n) is 7.52. The topological polar surface area (TPSA) is 65.1 Å². The van der Waals surface area contributed by atoms with E-state index in [1.54, 1.807) is 0 Å². The number of fused-ring (bicyclic) bond motifs is 1. The van der Waals surface area contributed by atoms with Crippen molar-refractivity contribution in [1.82, 2.24) is 15.0 Å². The number of hydrogen-bond acceptors (Lipinski definition) is 4. The number of nitrogens with one attached hydrogen (secondary N) is 1. The van der Waals surface area contributed by atoms with Crippen LogP contribution in [0.25, 0.3) is 0 Å². The fourth-order valence-electron chi connectivity index (χ4n) is 2.90. The van der Waals surface area contributed by atoms with E-state index in [1.807, 2.05) is 30.6 Å². The summed E-state index contributed by atoms with van der Waals surface area (Å²) in [6.45, 7) is 3.15. The molecule has 0 saturated carbocycles. The summed E-state index contributed by atoms with van der Waals surface area (Å²) in [5.74, 6) is 7.79. The number of benzene rings is 1. The van der Waals surface area contributed by atoms with Gasteiger partial charge in [0.2, 0.25) is 0 Å². The minimum Gasteiger partial charge on any atom is -0.488 e. The Morgan fingerprint density at radius 1 is 1.48 bits per heavy atom. The second kappa shape index (κ2) is 6.28. The van der Waals surface area contributed by atoms with E-state index in [0.29, 0.717) is 0 Å². The number of hydrazine groups is 1. The van der Waals surface area contributed by atoms with E-state index >= 15 is 0 Å². The zero-order valence-electron chi connectivity index (χ0n) is 12.3. The number of ether oxygens (including phenoxy) is 1. The smallest absolute Gasteiger partial charge is 0.123 e. The van der Waals surface area contributed by atoms with Gasteiger partial charge in [0, 0.05) is 31.8 Å². The summed E-state index contributed by atoms with van der Waals surface area (Å²) >= 11 is 0. The van der Waals surface area contributed by atoms with Crippen LogP contribution in [0.15, 0.2) is 36.7 Å². The highest BCUT2D eigenvalue weighted by molar-refractivity contribution is 5.37. The van der Waals surface area contributed by atoms with Crippen LogP contribution in [-0.4, -0.2) is 21.7 Å². The number of hydrogen-bond donors (Lipinski definition) is 2. The third kappa shape index (κ3) is 2.94. The normalized spacial score (nSPS) is 18.3.